The van der Waals surface area contributed by atoms with Crippen LogP contribution in [0, 0.1) is 0 Å². The van der Waals surface area contributed by atoms with Crippen LogP contribution < -0.4 is 15.4 Å². The summed E-state index contributed by atoms with van der Waals surface area (Å²) < 4.78 is 7.60. The summed E-state index contributed by atoms with van der Waals surface area (Å²) >= 11 is 4.24. The number of aromatic nitrogens is 2. The van der Waals surface area contributed by atoms with E-state index < -0.39 is 0 Å². The molecule has 1 aromatic heterocycles. The highest BCUT2D eigenvalue weighted by Gasteiger charge is 2.02. The average molecular weight is 457 g/mol. The van der Waals surface area contributed by atoms with Crippen molar-refractivity contribution in [2.24, 2.45) is 0 Å². The molecule has 0 saturated heterocycles. The molecule has 1 unspecified atom stereocenters. The highest BCUT2D eigenvalue weighted by atomic mass is 32.1. The van der Waals surface area contributed by atoms with Crippen molar-refractivity contribution in [1.29, 1.82) is 0 Å². The molecule has 1 atom stereocenters. The minimum atomic E-state index is 0.181. The van der Waals surface area contributed by atoms with Gasteiger partial charge in [0.2, 0.25) is 0 Å². The van der Waals surface area contributed by atoms with Gasteiger partial charge >= 0.3 is 0 Å². The minimum Gasteiger partial charge on any atom is -0.508 e. The number of nitrogens with one attached hydrogen (secondary N) is 2. The fraction of sp³-hybridized carbons (Fsp3) is 0.333. The summed E-state index contributed by atoms with van der Waals surface area (Å²) in [6, 6.07) is 14.6. The third-order valence-electron chi connectivity index (χ3n) is 4.65. The Hall–Kier alpha value is -2.97. The normalized spacial score (nSPS) is 11.2. The number of benzene rings is 2. The van der Waals surface area contributed by atoms with E-state index in [1.807, 2.05) is 42.2 Å². The summed E-state index contributed by atoms with van der Waals surface area (Å²) in [4.78, 5) is 10.0. The Morgan fingerprint density at radius 2 is 1.91 bits per heavy atom. The molecule has 2 aromatic carbocycles. The van der Waals surface area contributed by atoms with E-state index in [0.717, 1.165) is 48.5 Å². The van der Waals surface area contributed by atoms with Gasteiger partial charge < -0.3 is 20.5 Å². The minimum absolute atomic E-state index is 0.181. The first-order valence-corrected chi connectivity index (χ1v) is 11.2. The molecule has 0 radical (unpaired) electrons. The van der Waals surface area contributed by atoms with Crippen LogP contribution in [0.25, 0.3) is 5.69 Å². The number of aldehydes is 1. The van der Waals surface area contributed by atoms with Crippen LogP contribution in [0.4, 0.5) is 5.69 Å². The molecule has 3 N–H and O–H groups in total. The molecular formula is C24H32N4O3S. The summed E-state index contributed by atoms with van der Waals surface area (Å²) in [6.07, 6.45) is 6.57. The Labute approximate surface area is 195 Å². The fourth-order valence-corrected chi connectivity index (χ4v) is 3.13. The molecule has 1 heterocycles. The topological polar surface area (TPSA) is 88.4 Å². The standard InChI is InChI=1S/C17H26N4OS.C7H6O2/c1-14(8-11-23)19-9-3-10-22-17-6-4-16(5-7-17)21-13-15(18-2)12-20-21;8-5-6-1-3-7(9)4-2-6/h4-7,12-14,18-19,23H,3,8-11H2,1-2H3;1-5,9H. The molecule has 8 heteroatoms. The van der Waals surface area contributed by atoms with E-state index in [1.54, 1.807) is 18.3 Å². The largest absolute Gasteiger partial charge is 0.508 e. The lowest BCUT2D eigenvalue weighted by molar-refractivity contribution is 0.112. The van der Waals surface area contributed by atoms with Crippen molar-refractivity contribution in [3.8, 4) is 17.2 Å². The molecule has 32 heavy (non-hydrogen) atoms. The number of hydrogen-bond donors (Lipinski definition) is 4. The lowest BCUT2D eigenvalue weighted by Gasteiger charge is -2.12. The van der Waals surface area contributed by atoms with Crippen molar-refractivity contribution in [3.63, 3.8) is 0 Å². The molecule has 172 valence electrons. The zero-order chi connectivity index (χ0) is 23.2. The van der Waals surface area contributed by atoms with Gasteiger partial charge in [-0.2, -0.15) is 17.7 Å². The number of nitrogens with zero attached hydrogens (tertiary/aromatic N) is 2. The van der Waals surface area contributed by atoms with Crippen LogP contribution in [0.15, 0.2) is 60.9 Å². The summed E-state index contributed by atoms with van der Waals surface area (Å²) in [7, 11) is 1.88. The lowest BCUT2D eigenvalue weighted by atomic mass is 10.2. The number of anilines is 1. The van der Waals surface area contributed by atoms with Crippen molar-refractivity contribution >= 4 is 24.6 Å². The van der Waals surface area contributed by atoms with Crippen LogP contribution in [0.3, 0.4) is 0 Å². The predicted molar refractivity (Wildman–Crippen MR) is 133 cm³/mol. The molecule has 0 aliphatic carbocycles. The fourth-order valence-electron chi connectivity index (χ4n) is 2.75. The van der Waals surface area contributed by atoms with E-state index in [9.17, 15) is 4.79 Å². The molecule has 7 nitrogen and oxygen atoms in total. The second-order valence-corrected chi connectivity index (χ2v) is 7.64. The first kappa shape index (κ1) is 25.3. The molecule has 3 rings (SSSR count). The number of carbonyl (C=O) groups is 1. The number of carbonyl (C=O) groups excluding carboxylic acids is 1. The van der Waals surface area contributed by atoms with Gasteiger partial charge in [0.15, 0.2) is 0 Å². The number of hydrogen-bond acceptors (Lipinski definition) is 7. The molecule has 0 spiro atoms. The molecular weight excluding hydrogens is 424 g/mol. The van der Waals surface area contributed by atoms with Crippen LogP contribution in [-0.4, -0.2) is 53.2 Å². The lowest BCUT2D eigenvalue weighted by Crippen LogP contribution is -2.28. The van der Waals surface area contributed by atoms with Gasteiger partial charge in [-0.25, -0.2) is 4.68 Å². The highest BCUT2D eigenvalue weighted by Crippen LogP contribution is 2.16. The second-order valence-electron chi connectivity index (χ2n) is 7.20. The van der Waals surface area contributed by atoms with Gasteiger partial charge in [0.1, 0.15) is 17.8 Å². The zero-order valence-corrected chi connectivity index (χ0v) is 19.5. The number of ether oxygens (including phenoxy) is 1. The monoisotopic (exact) mass is 456 g/mol. The predicted octanol–water partition coefficient (Wildman–Crippen LogP) is 4.19. The van der Waals surface area contributed by atoms with E-state index in [1.165, 1.54) is 12.1 Å². The Balaban J connectivity index is 0.000000336. The maximum Gasteiger partial charge on any atom is 0.150 e. The van der Waals surface area contributed by atoms with Crippen LogP contribution >= 0.6 is 12.6 Å². The van der Waals surface area contributed by atoms with Gasteiger partial charge in [-0.3, -0.25) is 4.79 Å². The van der Waals surface area contributed by atoms with Crippen LogP contribution in [0.5, 0.6) is 11.5 Å². The highest BCUT2D eigenvalue weighted by molar-refractivity contribution is 7.80. The number of thiol groups is 1. The molecule has 0 amide bonds. The number of phenols is 1. The first-order valence-electron chi connectivity index (χ1n) is 10.6. The molecule has 0 aliphatic heterocycles. The van der Waals surface area contributed by atoms with Gasteiger partial charge in [-0.1, -0.05) is 0 Å². The summed E-state index contributed by atoms with van der Waals surface area (Å²) in [5.41, 5.74) is 2.58. The van der Waals surface area contributed by atoms with Gasteiger partial charge in [0.25, 0.3) is 0 Å². The van der Waals surface area contributed by atoms with E-state index in [0.29, 0.717) is 18.2 Å². The van der Waals surface area contributed by atoms with Gasteiger partial charge in [0.05, 0.1) is 30.4 Å². The van der Waals surface area contributed by atoms with E-state index >= 15 is 0 Å². The van der Waals surface area contributed by atoms with Crippen molar-refractivity contribution in [2.45, 2.75) is 25.8 Å². The Bertz CT molecular complexity index is 914. The number of aromatic hydroxyl groups is 1. The Morgan fingerprint density at radius 3 is 2.50 bits per heavy atom. The maximum absolute atomic E-state index is 10.0. The zero-order valence-electron chi connectivity index (χ0n) is 18.6. The summed E-state index contributed by atoms with van der Waals surface area (Å²) in [5, 5.41) is 19.6. The molecule has 0 fully saturated rings. The third-order valence-corrected chi connectivity index (χ3v) is 4.90. The van der Waals surface area contributed by atoms with Crippen molar-refractivity contribution in [1.82, 2.24) is 15.1 Å². The Morgan fingerprint density at radius 1 is 1.19 bits per heavy atom. The van der Waals surface area contributed by atoms with Crippen LogP contribution in [0.1, 0.15) is 30.1 Å². The van der Waals surface area contributed by atoms with E-state index in [-0.39, 0.29) is 5.75 Å². The van der Waals surface area contributed by atoms with Crippen LogP contribution in [-0.2, 0) is 0 Å². The van der Waals surface area contributed by atoms with Crippen molar-refractivity contribution < 1.29 is 14.6 Å². The maximum atomic E-state index is 10.0. The number of phenolic OH excluding ortho intramolecular Hbond substituents is 1. The van der Waals surface area contributed by atoms with Gasteiger partial charge in [-0.05, 0) is 80.6 Å². The summed E-state index contributed by atoms with van der Waals surface area (Å²) in [6.45, 7) is 3.86. The molecule has 0 saturated carbocycles. The molecule has 0 aliphatic rings. The Kier molecular flexibility index (Phi) is 11.2. The average Bonchev–Trinajstić information content (AvgIpc) is 3.30. The first-order chi connectivity index (χ1) is 15.5. The summed E-state index contributed by atoms with van der Waals surface area (Å²) in [5.74, 6) is 1.99. The molecule has 0 bridgehead atoms. The SMILES string of the molecule is CNc1cnn(-c2ccc(OCCCNC(C)CCS)cc2)c1.O=Cc1ccc(O)cc1. The van der Waals surface area contributed by atoms with Gasteiger partial charge in [0, 0.05) is 18.7 Å². The quantitative estimate of drug-likeness (QED) is 0.197. The third kappa shape index (κ3) is 9.03. The van der Waals surface area contributed by atoms with E-state index in [4.69, 9.17) is 9.84 Å². The number of rotatable bonds is 11. The second kappa shape index (κ2) is 14.2. The van der Waals surface area contributed by atoms with E-state index in [2.05, 4.69) is 35.3 Å². The van der Waals surface area contributed by atoms with Crippen molar-refractivity contribution in [2.75, 3.05) is 31.3 Å². The van der Waals surface area contributed by atoms with Crippen molar-refractivity contribution in [3.05, 3.63) is 66.5 Å². The van der Waals surface area contributed by atoms with Crippen LogP contribution in [0.2, 0.25) is 0 Å². The molecule has 3 aromatic rings. The smallest absolute Gasteiger partial charge is 0.150 e. The van der Waals surface area contributed by atoms with Gasteiger partial charge in [-0.15, -0.1) is 0 Å².